The second kappa shape index (κ2) is 6.58. The Labute approximate surface area is 112 Å². The third kappa shape index (κ3) is 3.84. The molecule has 2 aromatic heterocycles. The summed E-state index contributed by atoms with van der Waals surface area (Å²) in [4.78, 5) is 8.40. The summed E-state index contributed by atoms with van der Waals surface area (Å²) in [5, 5.41) is 3.24. The molecule has 5 heteroatoms. The van der Waals surface area contributed by atoms with Gasteiger partial charge in [-0.15, -0.1) is 0 Å². The fourth-order valence-corrected chi connectivity index (χ4v) is 1.68. The highest BCUT2D eigenvalue weighted by atomic mass is 16.5. The standard InChI is InChI=1S/C14H18N4O/c1-2-19-14-12(15)5-6-13(18-14)17-9-7-11-4-3-8-16-10-11/h3-6,8,10H,2,7,9,15H2,1H3,(H,17,18). The summed E-state index contributed by atoms with van der Waals surface area (Å²) >= 11 is 0. The van der Waals surface area contributed by atoms with E-state index in [4.69, 9.17) is 10.5 Å². The highest BCUT2D eigenvalue weighted by molar-refractivity contribution is 5.53. The van der Waals surface area contributed by atoms with Crippen LogP contribution in [-0.2, 0) is 6.42 Å². The smallest absolute Gasteiger partial charge is 0.239 e. The van der Waals surface area contributed by atoms with Crippen molar-refractivity contribution < 1.29 is 4.74 Å². The Kier molecular flexibility index (Phi) is 4.55. The average molecular weight is 258 g/mol. The van der Waals surface area contributed by atoms with Crippen LogP contribution in [0.2, 0.25) is 0 Å². The number of nitrogen functional groups attached to an aromatic ring is 1. The van der Waals surface area contributed by atoms with Gasteiger partial charge in [0.1, 0.15) is 5.82 Å². The molecule has 0 aliphatic carbocycles. The van der Waals surface area contributed by atoms with Crippen LogP contribution in [0.4, 0.5) is 11.5 Å². The monoisotopic (exact) mass is 258 g/mol. The van der Waals surface area contributed by atoms with E-state index in [0.717, 1.165) is 18.8 Å². The van der Waals surface area contributed by atoms with Crippen molar-refractivity contribution in [3.63, 3.8) is 0 Å². The molecule has 0 radical (unpaired) electrons. The Morgan fingerprint density at radius 1 is 1.32 bits per heavy atom. The molecule has 2 aromatic rings. The average Bonchev–Trinajstić information content (AvgIpc) is 2.44. The molecule has 0 aliphatic rings. The van der Waals surface area contributed by atoms with Crippen LogP contribution >= 0.6 is 0 Å². The third-order valence-corrected chi connectivity index (χ3v) is 2.61. The minimum atomic E-state index is 0.480. The molecular formula is C14H18N4O. The predicted molar refractivity (Wildman–Crippen MR) is 76.2 cm³/mol. The van der Waals surface area contributed by atoms with Crippen molar-refractivity contribution in [2.75, 3.05) is 24.2 Å². The first-order chi connectivity index (χ1) is 9.29. The molecule has 0 saturated carbocycles. The maximum Gasteiger partial charge on any atom is 0.239 e. The molecule has 0 saturated heterocycles. The van der Waals surface area contributed by atoms with Crippen molar-refractivity contribution in [2.24, 2.45) is 0 Å². The van der Waals surface area contributed by atoms with Gasteiger partial charge in [0.2, 0.25) is 5.88 Å². The summed E-state index contributed by atoms with van der Waals surface area (Å²) < 4.78 is 5.36. The molecular weight excluding hydrogens is 240 g/mol. The molecule has 2 heterocycles. The summed E-state index contributed by atoms with van der Waals surface area (Å²) in [6.45, 7) is 3.24. The van der Waals surface area contributed by atoms with E-state index >= 15 is 0 Å². The molecule has 0 aromatic carbocycles. The zero-order chi connectivity index (χ0) is 13.5. The first-order valence-corrected chi connectivity index (χ1v) is 6.31. The maximum absolute atomic E-state index is 5.77. The number of ether oxygens (including phenoxy) is 1. The first-order valence-electron chi connectivity index (χ1n) is 6.31. The Hall–Kier alpha value is -2.30. The Morgan fingerprint density at radius 3 is 2.95 bits per heavy atom. The fourth-order valence-electron chi connectivity index (χ4n) is 1.68. The number of hydrogen-bond acceptors (Lipinski definition) is 5. The molecule has 0 unspecified atom stereocenters. The van der Waals surface area contributed by atoms with Crippen molar-refractivity contribution in [2.45, 2.75) is 13.3 Å². The van der Waals surface area contributed by atoms with E-state index < -0.39 is 0 Å². The highest BCUT2D eigenvalue weighted by Gasteiger charge is 2.03. The van der Waals surface area contributed by atoms with Crippen LogP contribution in [0.3, 0.4) is 0 Å². The summed E-state index contributed by atoms with van der Waals surface area (Å²) in [6.07, 6.45) is 4.53. The van der Waals surface area contributed by atoms with Crippen LogP contribution in [0.15, 0.2) is 36.7 Å². The fraction of sp³-hybridized carbons (Fsp3) is 0.286. The van der Waals surface area contributed by atoms with Gasteiger partial charge in [0, 0.05) is 18.9 Å². The second-order valence-electron chi connectivity index (χ2n) is 4.06. The number of nitrogens with one attached hydrogen (secondary N) is 1. The first kappa shape index (κ1) is 13.1. The van der Waals surface area contributed by atoms with Gasteiger partial charge >= 0.3 is 0 Å². The van der Waals surface area contributed by atoms with Crippen molar-refractivity contribution in [1.82, 2.24) is 9.97 Å². The van der Waals surface area contributed by atoms with E-state index in [9.17, 15) is 0 Å². The van der Waals surface area contributed by atoms with E-state index in [2.05, 4.69) is 21.4 Å². The number of nitrogens with zero attached hydrogens (tertiary/aromatic N) is 2. The lowest BCUT2D eigenvalue weighted by atomic mass is 10.2. The van der Waals surface area contributed by atoms with Gasteiger partial charge in [-0.3, -0.25) is 4.98 Å². The van der Waals surface area contributed by atoms with Gasteiger partial charge in [0.05, 0.1) is 12.3 Å². The number of hydrogen-bond donors (Lipinski definition) is 2. The Bertz CT molecular complexity index is 516. The van der Waals surface area contributed by atoms with E-state index in [1.54, 1.807) is 12.3 Å². The topological polar surface area (TPSA) is 73.1 Å². The van der Waals surface area contributed by atoms with Gasteiger partial charge in [0.25, 0.3) is 0 Å². The number of anilines is 2. The molecule has 19 heavy (non-hydrogen) atoms. The number of rotatable bonds is 6. The van der Waals surface area contributed by atoms with Gasteiger partial charge in [-0.1, -0.05) is 6.07 Å². The van der Waals surface area contributed by atoms with Crippen LogP contribution in [0.5, 0.6) is 5.88 Å². The van der Waals surface area contributed by atoms with Crippen molar-refractivity contribution >= 4 is 11.5 Å². The molecule has 0 spiro atoms. The summed E-state index contributed by atoms with van der Waals surface area (Å²) in [5.41, 5.74) is 7.52. The molecule has 2 rings (SSSR count). The van der Waals surface area contributed by atoms with Gasteiger partial charge in [-0.2, -0.15) is 4.98 Å². The van der Waals surface area contributed by atoms with E-state index in [-0.39, 0.29) is 0 Å². The minimum absolute atomic E-state index is 0.480. The molecule has 0 aliphatic heterocycles. The van der Waals surface area contributed by atoms with Crippen molar-refractivity contribution in [1.29, 1.82) is 0 Å². The quantitative estimate of drug-likeness (QED) is 0.830. The number of aromatic nitrogens is 2. The van der Waals surface area contributed by atoms with Gasteiger partial charge in [0.15, 0.2) is 0 Å². The van der Waals surface area contributed by atoms with E-state index in [1.807, 2.05) is 25.3 Å². The van der Waals surface area contributed by atoms with Gasteiger partial charge in [-0.25, -0.2) is 0 Å². The molecule has 0 bridgehead atoms. The Balaban J connectivity index is 1.91. The summed E-state index contributed by atoms with van der Waals surface area (Å²) in [5.74, 6) is 1.25. The van der Waals surface area contributed by atoms with Gasteiger partial charge in [-0.05, 0) is 37.1 Å². The third-order valence-electron chi connectivity index (χ3n) is 2.61. The van der Waals surface area contributed by atoms with E-state index in [1.165, 1.54) is 5.56 Å². The molecule has 0 atom stereocenters. The van der Waals surface area contributed by atoms with Crippen LogP contribution in [0.25, 0.3) is 0 Å². The molecule has 0 fully saturated rings. The minimum Gasteiger partial charge on any atom is -0.476 e. The molecule has 100 valence electrons. The zero-order valence-electron chi connectivity index (χ0n) is 11.0. The predicted octanol–water partition coefficient (Wildman–Crippen LogP) is 2.11. The Morgan fingerprint density at radius 2 is 2.21 bits per heavy atom. The number of nitrogens with two attached hydrogens (primary N) is 1. The molecule has 3 N–H and O–H groups in total. The SMILES string of the molecule is CCOc1nc(NCCc2cccnc2)ccc1N. The molecule has 5 nitrogen and oxygen atoms in total. The highest BCUT2D eigenvalue weighted by Crippen LogP contribution is 2.20. The van der Waals surface area contributed by atoms with Crippen LogP contribution in [-0.4, -0.2) is 23.1 Å². The lowest BCUT2D eigenvalue weighted by molar-refractivity contribution is 0.329. The summed E-state index contributed by atoms with van der Waals surface area (Å²) in [7, 11) is 0. The van der Waals surface area contributed by atoms with Crippen LogP contribution in [0, 0.1) is 0 Å². The largest absolute Gasteiger partial charge is 0.476 e. The molecule has 0 amide bonds. The van der Waals surface area contributed by atoms with Crippen molar-refractivity contribution in [3.8, 4) is 5.88 Å². The maximum atomic E-state index is 5.77. The van der Waals surface area contributed by atoms with Crippen LogP contribution in [0.1, 0.15) is 12.5 Å². The summed E-state index contributed by atoms with van der Waals surface area (Å²) in [6, 6.07) is 7.63. The number of pyridine rings is 2. The normalized spacial score (nSPS) is 10.2. The van der Waals surface area contributed by atoms with Crippen LogP contribution < -0.4 is 15.8 Å². The van der Waals surface area contributed by atoms with E-state index in [0.29, 0.717) is 18.2 Å². The second-order valence-corrected chi connectivity index (χ2v) is 4.06. The van der Waals surface area contributed by atoms with Gasteiger partial charge < -0.3 is 15.8 Å². The lowest BCUT2D eigenvalue weighted by Crippen LogP contribution is -2.08. The van der Waals surface area contributed by atoms with Crippen molar-refractivity contribution in [3.05, 3.63) is 42.2 Å². The lowest BCUT2D eigenvalue weighted by Gasteiger charge is -2.09. The zero-order valence-corrected chi connectivity index (χ0v) is 11.0.